The molecule has 0 bridgehead atoms. The summed E-state index contributed by atoms with van der Waals surface area (Å²) in [6.07, 6.45) is 0.934. The highest BCUT2D eigenvalue weighted by Crippen LogP contribution is 2.15. The topological polar surface area (TPSA) is 86.5 Å². The lowest BCUT2D eigenvalue weighted by molar-refractivity contribution is 0.0998. The molecule has 0 radical (unpaired) electrons. The molecule has 0 saturated carbocycles. The first-order valence-electron chi connectivity index (χ1n) is 6.91. The average Bonchev–Trinajstić information content (AvgIpc) is 2.87. The van der Waals surface area contributed by atoms with Crippen LogP contribution in [0.5, 0.6) is 0 Å². The molecule has 0 aliphatic carbocycles. The van der Waals surface area contributed by atoms with E-state index in [9.17, 15) is 4.79 Å². The van der Waals surface area contributed by atoms with Crippen LogP contribution in [0.15, 0.2) is 35.3 Å². The molecule has 0 atom stereocenters. The Morgan fingerprint density at radius 3 is 2.65 bits per heavy atom. The number of aromatic nitrogens is 1. The number of nitrogens with one attached hydrogen (secondary N) is 2. The molecule has 128 valence electrons. The van der Waals surface area contributed by atoms with Crippen molar-refractivity contribution in [2.45, 2.75) is 6.42 Å². The van der Waals surface area contributed by atoms with Gasteiger partial charge in [0.15, 0.2) is 5.96 Å². The largest absolute Gasteiger partial charge is 0.370 e. The molecule has 1 amide bonds. The second kappa shape index (κ2) is 10.1. The summed E-state index contributed by atoms with van der Waals surface area (Å²) >= 11 is 0. The van der Waals surface area contributed by atoms with E-state index in [0.717, 1.165) is 23.9 Å². The Hall–Kier alpha value is -1.76. The van der Waals surface area contributed by atoms with E-state index >= 15 is 0 Å². The van der Waals surface area contributed by atoms with Crippen LogP contribution in [-0.2, 0) is 0 Å². The highest BCUT2D eigenvalue weighted by Gasteiger charge is 2.08. The molecule has 0 fully saturated rings. The Labute approximate surface area is 148 Å². The van der Waals surface area contributed by atoms with E-state index in [2.05, 4.69) is 20.2 Å². The zero-order chi connectivity index (χ0) is 15.2. The van der Waals surface area contributed by atoms with Gasteiger partial charge in [-0.1, -0.05) is 18.2 Å². The van der Waals surface area contributed by atoms with E-state index < -0.39 is 0 Å². The van der Waals surface area contributed by atoms with Crippen molar-refractivity contribution < 1.29 is 4.79 Å². The van der Waals surface area contributed by atoms with Gasteiger partial charge < -0.3 is 20.9 Å². The Balaban J connectivity index is 0.00000242. The zero-order valence-electron chi connectivity index (χ0n) is 13.2. The van der Waals surface area contributed by atoms with E-state index in [-0.39, 0.29) is 36.7 Å². The summed E-state index contributed by atoms with van der Waals surface area (Å²) < 4.78 is 0. The van der Waals surface area contributed by atoms with Crippen LogP contribution in [0.25, 0.3) is 10.9 Å². The number of halogens is 2. The van der Waals surface area contributed by atoms with Crippen LogP contribution in [0.4, 0.5) is 0 Å². The van der Waals surface area contributed by atoms with Crippen LogP contribution in [-0.4, -0.2) is 48.9 Å². The standard InChI is InChI=1S/C15H21N5O.2ClH/c1-20(2)9-5-8-17-15(16)19-14(21)13-10-11-6-3-4-7-12(11)18-13;;/h3-4,6-7,10,18H,5,8-9H2,1-2H3,(H3,16,17,19,21);2*1H. The first-order valence-corrected chi connectivity index (χ1v) is 6.91. The third-order valence-corrected chi connectivity index (χ3v) is 3.07. The number of guanidine groups is 1. The number of H-pyrrole nitrogens is 1. The number of fused-ring (bicyclic) bond motifs is 1. The summed E-state index contributed by atoms with van der Waals surface area (Å²) in [4.78, 5) is 21.0. The van der Waals surface area contributed by atoms with Gasteiger partial charge in [-0.05, 0) is 39.2 Å². The number of amides is 1. The number of aliphatic imine (C=N–C) groups is 1. The maximum Gasteiger partial charge on any atom is 0.296 e. The number of rotatable bonds is 5. The Kier molecular flexibility index (Phi) is 9.32. The fourth-order valence-corrected chi connectivity index (χ4v) is 2.01. The maximum absolute atomic E-state index is 12.0. The van der Waals surface area contributed by atoms with Crippen molar-refractivity contribution in [2.24, 2.45) is 10.7 Å². The SMILES string of the molecule is CN(C)CCCNC(N)=NC(=O)c1cc2ccccc2[nH]1.Cl.Cl. The highest BCUT2D eigenvalue weighted by molar-refractivity contribution is 6.03. The lowest BCUT2D eigenvalue weighted by Gasteiger charge is -2.09. The van der Waals surface area contributed by atoms with Crippen LogP contribution in [0, 0.1) is 0 Å². The summed E-state index contributed by atoms with van der Waals surface area (Å²) in [5.41, 5.74) is 7.06. The molecule has 0 saturated heterocycles. The van der Waals surface area contributed by atoms with Crippen LogP contribution >= 0.6 is 24.8 Å². The van der Waals surface area contributed by atoms with Crippen LogP contribution < -0.4 is 11.1 Å². The van der Waals surface area contributed by atoms with Crippen molar-refractivity contribution >= 4 is 47.6 Å². The molecule has 23 heavy (non-hydrogen) atoms. The predicted octanol–water partition coefficient (Wildman–Crippen LogP) is 2.01. The fraction of sp³-hybridized carbons (Fsp3) is 0.333. The van der Waals surface area contributed by atoms with Gasteiger partial charge in [-0.25, -0.2) is 0 Å². The van der Waals surface area contributed by atoms with Crippen molar-refractivity contribution in [1.82, 2.24) is 15.2 Å². The maximum atomic E-state index is 12.0. The molecule has 1 heterocycles. The molecule has 0 unspecified atom stereocenters. The van der Waals surface area contributed by atoms with Crippen molar-refractivity contribution in [3.63, 3.8) is 0 Å². The quantitative estimate of drug-likeness (QED) is 0.433. The van der Waals surface area contributed by atoms with Gasteiger partial charge >= 0.3 is 0 Å². The minimum atomic E-state index is -0.371. The zero-order valence-corrected chi connectivity index (χ0v) is 14.8. The van der Waals surface area contributed by atoms with Crippen LogP contribution in [0.3, 0.4) is 0 Å². The van der Waals surface area contributed by atoms with Crippen molar-refractivity contribution in [3.05, 3.63) is 36.0 Å². The second-order valence-corrected chi connectivity index (χ2v) is 5.16. The number of para-hydroxylation sites is 1. The number of nitrogens with zero attached hydrogens (tertiary/aromatic N) is 2. The van der Waals surface area contributed by atoms with E-state index in [4.69, 9.17) is 5.73 Å². The van der Waals surface area contributed by atoms with Gasteiger partial charge in [-0.3, -0.25) is 4.79 Å². The summed E-state index contributed by atoms with van der Waals surface area (Å²) in [6, 6.07) is 9.47. The lowest BCUT2D eigenvalue weighted by atomic mass is 10.2. The summed E-state index contributed by atoms with van der Waals surface area (Å²) in [5, 5.41) is 3.92. The molecule has 6 nitrogen and oxygen atoms in total. The predicted molar refractivity (Wildman–Crippen MR) is 99.9 cm³/mol. The second-order valence-electron chi connectivity index (χ2n) is 5.16. The lowest BCUT2D eigenvalue weighted by Crippen LogP contribution is -2.34. The molecule has 2 aromatic rings. The normalized spacial score (nSPS) is 11.0. The molecule has 2 rings (SSSR count). The monoisotopic (exact) mass is 359 g/mol. The smallest absolute Gasteiger partial charge is 0.296 e. The number of nitrogens with two attached hydrogens (primary N) is 1. The number of hydrogen-bond acceptors (Lipinski definition) is 2. The minimum absolute atomic E-state index is 0. The van der Waals surface area contributed by atoms with E-state index in [1.165, 1.54) is 0 Å². The minimum Gasteiger partial charge on any atom is -0.370 e. The molecular formula is C15H23Cl2N5O. The van der Waals surface area contributed by atoms with Gasteiger partial charge in [-0.15, -0.1) is 24.8 Å². The summed E-state index contributed by atoms with van der Waals surface area (Å²) in [6.45, 7) is 1.64. The molecular weight excluding hydrogens is 337 g/mol. The van der Waals surface area contributed by atoms with E-state index in [1.54, 1.807) is 6.07 Å². The molecule has 8 heteroatoms. The fourth-order valence-electron chi connectivity index (χ4n) is 2.01. The third kappa shape index (κ3) is 6.48. The summed E-state index contributed by atoms with van der Waals surface area (Å²) in [5.74, 6) is -0.221. The van der Waals surface area contributed by atoms with Crippen molar-refractivity contribution in [2.75, 3.05) is 27.2 Å². The number of benzene rings is 1. The number of carbonyl (C=O) groups is 1. The van der Waals surface area contributed by atoms with Gasteiger partial charge in [0, 0.05) is 17.4 Å². The van der Waals surface area contributed by atoms with Crippen molar-refractivity contribution in [1.29, 1.82) is 0 Å². The van der Waals surface area contributed by atoms with Crippen molar-refractivity contribution in [3.8, 4) is 0 Å². The molecule has 0 aliphatic heterocycles. The number of aromatic amines is 1. The van der Waals surface area contributed by atoms with Gasteiger partial charge in [0.05, 0.1) is 0 Å². The average molecular weight is 360 g/mol. The number of carbonyl (C=O) groups excluding carboxylic acids is 1. The first-order chi connectivity index (χ1) is 10.1. The Bertz CT molecular complexity index is 621. The molecule has 1 aromatic carbocycles. The van der Waals surface area contributed by atoms with Crippen LogP contribution in [0.1, 0.15) is 16.9 Å². The van der Waals surface area contributed by atoms with Gasteiger partial charge in [-0.2, -0.15) is 4.99 Å². The van der Waals surface area contributed by atoms with Gasteiger partial charge in [0.1, 0.15) is 5.69 Å². The van der Waals surface area contributed by atoms with Crippen LogP contribution in [0.2, 0.25) is 0 Å². The Morgan fingerprint density at radius 2 is 2.00 bits per heavy atom. The molecule has 1 aromatic heterocycles. The van der Waals surface area contributed by atoms with Gasteiger partial charge in [0.25, 0.3) is 5.91 Å². The summed E-state index contributed by atoms with van der Waals surface area (Å²) in [7, 11) is 4.02. The third-order valence-electron chi connectivity index (χ3n) is 3.07. The molecule has 0 spiro atoms. The van der Waals surface area contributed by atoms with E-state index in [0.29, 0.717) is 12.2 Å². The first kappa shape index (κ1) is 21.2. The van der Waals surface area contributed by atoms with E-state index in [1.807, 2.05) is 38.4 Å². The highest BCUT2D eigenvalue weighted by atomic mass is 35.5. The molecule has 4 N–H and O–H groups in total. The van der Waals surface area contributed by atoms with Gasteiger partial charge in [0.2, 0.25) is 0 Å². The molecule has 0 aliphatic rings. The Morgan fingerprint density at radius 1 is 1.30 bits per heavy atom. The number of hydrogen-bond donors (Lipinski definition) is 3.